The lowest BCUT2D eigenvalue weighted by molar-refractivity contribution is 0.597. The summed E-state index contributed by atoms with van der Waals surface area (Å²) in [4.78, 5) is 4.31. The van der Waals surface area contributed by atoms with E-state index in [9.17, 15) is 13.7 Å². The molecule has 7 heteroatoms. The molecule has 0 radical (unpaired) electrons. The molecule has 3 N–H and O–H groups in total. The standard InChI is InChI=1S/C17H14N4O2S/c18-9-13-11-20-16-7-2-1-6-15(16)17(13)21-10-12-4-3-5-14(8-12)24(19,22)23/h1-8,11H,10H2,(H,20,21)(H2,19,22,23). The highest BCUT2D eigenvalue weighted by Crippen LogP contribution is 2.26. The molecule has 3 rings (SSSR count). The Hall–Kier alpha value is -2.95. The van der Waals surface area contributed by atoms with E-state index in [1.54, 1.807) is 12.1 Å². The number of sulfonamides is 1. The Morgan fingerprint density at radius 3 is 2.71 bits per heavy atom. The van der Waals surface area contributed by atoms with E-state index in [-0.39, 0.29) is 4.90 Å². The average Bonchev–Trinajstić information content (AvgIpc) is 2.59. The van der Waals surface area contributed by atoms with Crippen molar-refractivity contribution in [2.24, 2.45) is 5.14 Å². The fourth-order valence-electron chi connectivity index (χ4n) is 2.44. The maximum atomic E-state index is 11.4. The summed E-state index contributed by atoms with van der Waals surface area (Å²) in [7, 11) is -3.75. The van der Waals surface area contributed by atoms with Gasteiger partial charge in [-0.15, -0.1) is 0 Å². The molecule has 120 valence electrons. The lowest BCUT2D eigenvalue weighted by atomic mass is 10.1. The Kier molecular flexibility index (Phi) is 4.16. The van der Waals surface area contributed by atoms with Crippen LogP contribution in [0.15, 0.2) is 59.6 Å². The molecule has 0 unspecified atom stereocenters. The summed E-state index contributed by atoms with van der Waals surface area (Å²) in [5.74, 6) is 0. The second kappa shape index (κ2) is 6.28. The summed E-state index contributed by atoms with van der Waals surface area (Å²) in [6, 6.07) is 16.0. The third-order valence-electron chi connectivity index (χ3n) is 3.59. The molecule has 3 aromatic rings. The molecular weight excluding hydrogens is 324 g/mol. The van der Waals surface area contributed by atoms with Gasteiger partial charge in [-0.1, -0.05) is 30.3 Å². The smallest absolute Gasteiger partial charge is 0.238 e. The van der Waals surface area contributed by atoms with Crippen LogP contribution in [-0.2, 0) is 16.6 Å². The van der Waals surface area contributed by atoms with Gasteiger partial charge in [0.05, 0.1) is 21.7 Å². The third-order valence-corrected chi connectivity index (χ3v) is 4.50. The first-order chi connectivity index (χ1) is 11.5. The van der Waals surface area contributed by atoms with E-state index < -0.39 is 10.0 Å². The Labute approximate surface area is 139 Å². The molecule has 2 aromatic carbocycles. The molecule has 0 aliphatic rings. The van der Waals surface area contributed by atoms with Crippen LogP contribution in [0.2, 0.25) is 0 Å². The Bertz CT molecular complexity index is 1060. The molecular formula is C17H14N4O2S. The van der Waals surface area contributed by atoms with Crippen LogP contribution in [0, 0.1) is 11.3 Å². The quantitative estimate of drug-likeness (QED) is 0.759. The number of pyridine rings is 1. The molecule has 0 saturated carbocycles. The Balaban J connectivity index is 1.96. The normalized spacial score (nSPS) is 11.2. The van der Waals surface area contributed by atoms with Crippen LogP contribution < -0.4 is 10.5 Å². The zero-order valence-corrected chi connectivity index (χ0v) is 13.4. The lowest BCUT2D eigenvalue weighted by Gasteiger charge is -2.12. The number of benzene rings is 2. The maximum Gasteiger partial charge on any atom is 0.238 e. The largest absolute Gasteiger partial charge is 0.379 e. The molecule has 0 amide bonds. The maximum absolute atomic E-state index is 11.4. The minimum Gasteiger partial charge on any atom is -0.379 e. The number of fused-ring (bicyclic) bond motifs is 1. The van der Waals surface area contributed by atoms with Crippen molar-refractivity contribution in [2.75, 3.05) is 5.32 Å². The molecule has 0 atom stereocenters. The highest BCUT2D eigenvalue weighted by Gasteiger charge is 2.10. The van der Waals surface area contributed by atoms with Crippen LogP contribution in [0.1, 0.15) is 11.1 Å². The van der Waals surface area contributed by atoms with Crippen molar-refractivity contribution in [3.63, 3.8) is 0 Å². The molecule has 0 fully saturated rings. The monoisotopic (exact) mass is 338 g/mol. The van der Waals surface area contributed by atoms with Gasteiger partial charge < -0.3 is 5.32 Å². The molecule has 0 spiro atoms. The molecule has 24 heavy (non-hydrogen) atoms. The van der Waals surface area contributed by atoms with Crippen LogP contribution >= 0.6 is 0 Å². The van der Waals surface area contributed by atoms with E-state index in [1.165, 1.54) is 18.3 Å². The molecule has 0 saturated heterocycles. The highest BCUT2D eigenvalue weighted by molar-refractivity contribution is 7.89. The fraction of sp³-hybridized carbons (Fsp3) is 0.0588. The van der Waals surface area contributed by atoms with Crippen LogP contribution in [0.3, 0.4) is 0 Å². The zero-order valence-electron chi connectivity index (χ0n) is 12.6. The number of para-hydroxylation sites is 1. The van der Waals surface area contributed by atoms with Crippen molar-refractivity contribution in [1.29, 1.82) is 5.26 Å². The van der Waals surface area contributed by atoms with E-state index in [4.69, 9.17) is 5.14 Å². The third kappa shape index (κ3) is 3.20. The number of primary sulfonamides is 1. The van der Waals surface area contributed by atoms with Gasteiger partial charge in [0.25, 0.3) is 0 Å². The van der Waals surface area contributed by atoms with Gasteiger partial charge in [-0.3, -0.25) is 4.98 Å². The van der Waals surface area contributed by atoms with Crippen LogP contribution in [0.4, 0.5) is 5.69 Å². The Morgan fingerprint density at radius 1 is 1.17 bits per heavy atom. The van der Waals surface area contributed by atoms with E-state index in [2.05, 4.69) is 16.4 Å². The van der Waals surface area contributed by atoms with E-state index in [1.807, 2.05) is 24.3 Å². The molecule has 1 heterocycles. The van der Waals surface area contributed by atoms with Gasteiger partial charge in [0.2, 0.25) is 10.0 Å². The van der Waals surface area contributed by atoms with Gasteiger partial charge in [0.15, 0.2) is 0 Å². The summed E-state index contributed by atoms with van der Waals surface area (Å²) < 4.78 is 22.9. The number of nitrogens with two attached hydrogens (primary N) is 1. The summed E-state index contributed by atoms with van der Waals surface area (Å²) >= 11 is 0. The molecule has 0 aliphatic carbocycles. The van der Waals surface area contributed by atoms with E-state index >= 15 is 0 Å². The second-order valence-electron chi connectivity index (χ2n) is 5.22. The Morgan fingerprint density at radius 2 is 1.96 bits per heavy atom. The first-order valence-corrected chi connectivity index (χ1v) is 8.67. The van der Waals surface area contributed by atoms with Gasteiger partial charge >= 0.3 is 0 Å². The lowest BCUT2D eigenvalue weighted by Crippen LogP contribution is -2.12. The number of nitriles is 1. The minimum atomic E-state index is -3.75. The number of nitrogens with zero attached hydrogens (tertiary/aromatic N) is 2. The van der Waals surface area contributed by atoms with Gasteiger partial charge in [-0.25, -0.2) is 13.6 Å². The average molecular weight is 338 g/mol. The van der Waals surface area contributed by atoms with Gasteiger partial charge in [0, 0.05) is 18.1 Å². The summed E-state index contributed by atoms with van der Waals surface area (Å²) in [5, 5.41) is 18.5. The van der Waals surface area contributed by atoms with Gasteiger partial charge in [-0.05, 0) is 23.8 Å². The van der Waals surface area contributed by atoms with Crippen LogP contribution in [0.5, 0.6) is 0 Å². The first kappa shape index (κ1) is 15.9. The predicted octanol–water partition coefficient (Wildman–Crippen LogP) is 2.37. The number of nitrogens with one attached hydrogen (secondary N) is 1. The van der Waals surface area contributed by atoms with Crippen molar-refractivity contribution < 1.29 is 8.42 Å². The van der Waals surface area contributed by atoms with Gasteiger partial charge in [0.1, 0.15) is 6.07 Å². The van der Waals surface area contributed by atoms with Crippen LogP contribution in [0.25, 0.3) is 10.9 Å². The van der Waals surface area contributed by atoms with Crippen LogP contribution in [-0.4, -0.2) is 13.4 Å². The molecule has 0 aliphatic heterocycles. The molecule has 6 nitrogen and oxygen atoms in total. The SMILES string of the molecule is N#Cc1cnc2ccccc2c1NCc1cccc(S(N)(=O)=O)c1. The summed E-state index contributed by atoms with van der Waals surface area (Å²) in [5.41, 5.74) is 2.61. The predicted molar refractivity (Wildman–Crippen MR) is 91.6 cm³/mol. The number of anilines is 1. The topological polar surface area (TPSA) is 109 Å². The minimum absolute atomic E-state index is 0.0573. The molecule has 0 bridgehead atoms. The van der Waals surface area contributed by atoms with Gasteiger partial charge in [-0.2, -0.15) is 5.26 Å². The number of aromatic nitrogens is 1. The number of rotatable bonds is 4. The zero-order chi connectivity index (χ0) is 17.2. The van der Waals surface area contributed by atoms with Crippen molar-refractivity contribution in [2.45, 2.75) is 11.4 Å². The van der Waals surface area contributed by atoms with E-state index in [0.717, 1.165) is 16.5 Å². The highest BCUT2D eigenvalue weighted by atomic mass is 32.2. The second-order valence-corrected chi connectivity index (χ2v) is 6.78. The van der Waals surface area contributed by atoms with Crippen molar-refractivity contribution in [3.05, 3.63) is 65.9 Å². The fourth-order valence-corrected chi connectivity index (χ4v) is 3.02. The number of hydrogen-bond acceptors (Lipinski definition) is 5. The summed E-state index contributed by atoms with van der Waals surface area (Å²) in [6.45, 7) is 0.353. The van der Waals surface area contributed by atoms with E-state index in [0.29, 0.717) is 17.8 Å². The van der Waals surface area contributed by atoms with Crippen molar-refractivity contribution in [3.8, 4) is 6.07 Å². The number of hydrogen-bond donors (Lipinski definition) is 2. The summed E-state index contributed by atoms with van der Waals surface area (Å²) in [6.07, 6.45) is 1.52. The molecule has 1 aromatic heterocycles. The first-order valence-electron chi connectivity index (χ1n) is 7.12. The van der Waals surface area contributed by atoms with Crippen molar-refractivity contribution in [1.82, 2.24) is 4.98 Å². The van der Waals surface area contributed by atoms with Crippen molar-refractivity contribution >= 4 is 26.6 Å².